The number of hydrogen-bond acceptors (Lipinski definition) is 8. The molecule has 0 radical (unpaired) electrons. The molecule has 0 unspecified atom stereocenters. The second kappa shape index (κ2) is 8.17. The van der Waals surface area contributed by atoms with E-state index in [1.165, 1.54) is 5.69 Å². The van der Waals surface area contributed by atoms with E-state index in [0.29, 0.717) is 11.6 Å². The number of aryl methyl sites for hydroxylation is 1. The second-order valence-corrected chi connectivity index (χ2v) is 6.73. The van der Waals surface area contributed by atoms with Crippen LogP contribution in [-0.2, 0) is 0 Å². The maximum Gasteiger partial charge on any atom is 0.277 e. The van der Waals surface area contributed by atoms with Gasteiger partial charge in [0.2, 0.25) is 0 Å². The van der Waals surface area contributed by atoms with E-state index in [2.05, 4.69) is 42.6 Å². The number of rotatable bonds is 5. The maximum absolute atomic E-state index is 12.2. The summed E-state index contributed by atoms with van der Waals surface area (Å²) in [6.07, 6.45) is 0. The molecule has 1 aliphatic rings. The minimum absolute atomic E-state index is 0.228. The standard InChI is InChI=1S/C20H22N6O3/c1-14-13-18(24-29-14)21-20(27)17-7-8-19(23-22-17)26-11-9-25(10-12-26)15-3-5-16(28-2)6-4-15/h3-8,13H,9-12H2,1-2H3,(H,21,24,27). The molecule has 9 heteroatoms. The summed E-state index contributed by atoms with van der Waals surface area (Å²) in [4.78, 5) is 16.7. The van der Waals surface area contributed by atoms with Gasteiger partial charge in [0.25, 0.3) is 5.91 Å². The Morgan fingerprint density at radius 1 is 1.03 bits per heavy atom. The van der Waals surface area contributed by atoms with Gasteiger partial charge in [0.1, 0.15) is 11.5 Å². The van der Waals surface area contributed by atoms with Gasteiger partial charge in [-0.1, -0.05) is 5.16 Å². The third-order valence-electron chi connectivity index (χ3n) is 4.79. The molecule has 150 valence electrons. The Kier molecular flexibility index (Phi) is 5.28. The summed E-state index contributed by atoms with van der Waals surface area (Å²) < 4.78 is 10.1. The monoisotopic (exact) mass is 394 g/mol. The van der Waals surface area contributed by atoms with E-state index in [1.54, 1.807) is 26.2 Å². The van der Waals surface area contributed by atoms with Gasteiger partial charge in [-0.15, -0.1) is 10.2 Å². The second-order valence-electron chi connectivity index (χ2n) is 6.73. The third-order valence-corrected chi connectivity index (χ3v) is 4.79. The number of nitrogens with zero attached hydrogens (tertiary/aromatic N) is 5. The number of carbonyl (C=O) groups excluding carboxylic acids is 1. The fourth-order valence-corrected chi connectivity index (χ4v) is 3.21. The first kappa shape index (κ1) is 18.7. The van der Waals surface area contributed by atoms with Gasteiger partial charge in [-0.3, -0.25) is 4.79 Å². The van der Waals surface area contributed by atoms with Crippen LogP contribution in [0.3, 0.4) is 0 Å². The molecule has 9 nitrogen and oxygen atoms in total. The molecular formula is C20H22N6O3. The van der Waals surface area contributed by atoms with Crippen molar-refractivity contribution in [3.05, 3.63) is 53.9 Å². The van der Waals surface area contributed by atoms with Crippen LogP contribution in [0.5, 0.6) is 5.75 Å². The topological polar surface area (TPSA) is 96.6 Å². The molecule has 0 saturated carbocycles. The Morgan fingerprint density at radius 2 is 1.76 bits per heavy atom. The van der Waals surface area contributed by atoms with Crippen LogP contribution in [0.2, 0.25) is 0 Å². The van der Waals surface area contributed by atoms with Crippen LogP contribution in [0.1, 0.15) is 16.2 Å². The van der Waals surface area contributed by atoms with Gasteiger partial charge in [-0.05, 0) is 43.3 Å². The van der Waals surface area contributed by atoms with Crippen molar-refractivity contribution in [2.45, 2.75) is 6.92 Å². The van der Waals surface area contributed by atoms with E-state index >= 15 is 0 Å². The maximum atomic E-state index is 12.2. The number of piperazine rings is 1. The SMILES string of the molecule is COc1ccc(N2CCN(c3ccc(C(=O)Nc4cc(C)on4)nn3)CC2)cc1. The lowest BCUT2D eigenvalue weighted by Crippen LogP contribution is -2.46. The van der Waals surface area contributed by atoms with E-state index in [4.69, 9.17) is 9.26 Å². The van der Waals surface area contributed by atoms with Crippen molar-refractivity contribution in [3.8, 4) is 5.75 Å². The summed E-state index contributed by atoms with van der Waals surface area (Å²) in [6, 6.07) is 13.2. The lowest BCUT2D eigenvalue weighted by Gasteiger charge is -2.36. The molecule has 0 atom stereocenters. The zero-order chi connectivity index (χ0) is 20.2. The average molecular weight is 394 g/mol. The molecule has 29 heavy (non-hydrogen) atoms. The Hall–Kier alpha value is -3.62. The highest BCUT2D eigenvalue weighted by Gasteiger charge is 2.19. The molecule has 2 aromatic heterocycles. The van der Waals surface area contributed by atoms with E-state index in [9.17, 15) is 4.79 Å². The summed E-state index contributed by atoms with van der Waals surface area (Å²) in [7, 11) is 1.67. The molecule has 0 spiro atoms. The van der Waals surface area contributed by atoms with Crippen molar-refractivity contribution in [1.29, 1.82) is 0 Å². The minimum atomic E-state index is -0.373. The van der Waals surface area contributed by atoms with Crippen LogP contribution in [0.25, 0.3) is 0 Å². The first-order chi connectivity index (χ1) is 14.1. The van der Waals surface area contributed by atoms with E-state index in [0.717, 1.165) is 37.7 Å². The van der Waals surface area contributed by atoms with Crippen molar-refractivity contribution in [2.75, 3.05) is 48.4 Å². The third kappa shape index (κ3) is 4.29. The number of anilines is 3. The average Bonchev–Trinajstić information content (AvgIpc) is 3.18. The van der Waals surface area contributed by atoms with Crippen molar-refractivity contribution < 1.29 is 14.1 Å². The highest BCUT2D eigenvalue weighted by molar-refractivity contribution is 6.02. The zero-order valence-electron chi connectivity index (χ0n) is 16.3. The molecule has 0 bridgehead atoms. The molecule has 1 N–H and O–H groups in total. The minimum Gasteiger partial charge on any atom is -0.497 e. The van der Waals surface area contributed by atoms with Crippen LogP contribution in [-0.4, -0.2) is 54.6 Å². The van der Waals surface area contributed by atoms with Crippen molar-refractivity contribution >= 4 is 23.2 Å². The molecule has 1 aromatic carbocycles. The molecule has 1 amide bonds. The molecule has 1 aliphatic heterocycles. The molecule has 3 heterocycles. The summed E-state index contributed by atoms with van der Waals surface area (Å²) >= 11 is 0. The lowest BCUT2D eigenvalue weighted by atomic mass is 10.2. The smallest absolute Gasteiger partial charge is 0.277 e. The number of nitrogens with one attached hydrogen (secondary N) is 1. The quantitative estimate of drug-likeness (QED) is 0.704. The molecule has 3 aromatic rings. The highest BCUT2D eigenvalue weighted by atomic mass is 16.5. The fourth-order valence-electron chi connectivity index (χ4n) is 3.21. The first-order valence-corrected chi connectivity index (χ1v) is 9.35. The number of methoxy groups -OCH3 is 1. The lowest BCUT2D eigenvalue weighted by molar-refractivity contribution is 0.102. The molecule has 4 rings (SSSR count). The van der Waals surface area contributed by atoms with Gasteiger partial charge >= 0.3 is 0 Å². The number of ether oxygens (including phenoxy) is 1. The molecule has 1 saturated heterocycles. The van der Waals surface area contributed by atoms with Crippen LogP contribution in [0.4, 0.5) is 17.3 Å². The van der Waals surface area contributed by atoms with Gasteiger partial charge in [-0.2, -0.15) is 0 Å². The summed E-state index contributed by atoms with van der Waals surface area (Å²) in [6.45, 7) is 5.16. The Balaban J connectivity index is 1.34. The summed E-state index contributed by atoms with van der Waals surface area (Å²) in [5.41, 5.74) is 1.40. The van der Waals surface area contributed by atoms with Gasteiger partial charge in [0.05, 0.1) is 7.11 Å². The first-order valence-electron chi connectivity index (χ1n) is 9.35. The van der Waals surface area contributed by atoms with Crippen LogP contribution in [0.15, 0.2) is 47.0 Å². The van der Waals surface area contributed by atoms with Crippen molar-refractivity contribution in [2.24, 2.45) is 0 Å². The van der Waals surface area contributed by atoms with Gasteiger partial charge in [0, 0.05) is 37.9 Å². The number of benzene rings is 1. The normalized spacial score (nSPS) is 14.0. The molecule has 0 aliphatic carbocycles. The molecule has 1 fully saturated rings. The van der Waals surface area contributed by atoms with E-state index in [1.807, 2.05) is 18.2 Å². The van der Waals surface area contributed by atoms with Crippen LogP contribution in [0, 0.1) is 6.92 Å². The Labute approximate surface area is 168 Å². The summed E-state index contributed by atoms with van der Waals surface area (Å²) in [5, 5.41) is 14.7. The number of aromatic nitrogens is 3. The van der Waals surface area contributed by atoms with Crippen LogP contribution < -0.4 is 19.9 Å². The zero-order valence-corrected chi connectivity index (χ0v) is 16.3. The molecular weight excluding hydrogens is 372 g/mol. The summed E-state index contributed by atoms with van der Waals surface area (Å²) in [5.74, 6) is 2.21. The van der Waals surface area contributed by atoms with E-state index < -0.39 is 0 Å². The van der Waals surface area contributed by atoms with Gasteiger partial charge in [-0.25, -0.2) is 0 Å². The van der Waals surface area contributed by atoms with Crippen molar-refractivity contribution in [1.82, 2.24) is 15.4 Å². The van der Waals surface area contributed by atoms with Crippen molar-refractivity contribution in [3.63, 3.8) is 0 Å². The van der Waals surface area contributed by atoms with E-state index in [-0.39, 0.29) is 11.6 Å². The number of carbonyl (C=O) groups is 1. The largest absolute Gasteiger partial charge is 0.497 e. The number of amides is 1. The van der Waals surface area contributed by atoms with Gasteiger partial charge < -0.3 is 24.4 Å². The highest BCUT2D eigenvalue weighted by Crippen LogP contribution is 2.22. The Morgan fingerprint density at radius 3 is 2.34 bits per heavy atom. The Bertz CT molecular complexity index is 963. The predicted octanol–water partition coefficient (Wildman–Crippen LogP) is 2.36. The van der Waals surface area contributed by atoms with Gasteiger partial charge in [0.15, 0.2) is 17.3 Å². The predicted molar refractivity (Wildman–Crippen MR) is 109 cm³/mol. The number of hydrogen-bond donors (Lipinski definition) is 1. The fraction of sp³-hybridized carbons (Fsp3) is 0.300. The van der Waals surface area contributed by atoms with Crippen LogP contribution >= 0.6 is 0 Å².